The Balaban J connectivity index is 2.84. The maximum absolute atomic E-state index is 5.92. The Morgan fingerprint density at radius 2 is 2.14 bits per heavy atom. The lowest BCUT2D eigenvalue weighted by atomic mass is 10.2. The molecule has 0 unspecified atom stereocenters. The molecular weight excluding hydrogens is 174 g/mol. The van der Waals surface area contributed by atoms with E-state index in [1.807, 2.05) is 6.07 Å². The number of pyridine rings is 1. The van der Waals surface area contributed by atoms with Gasteiger partial charge >= 0.3 is 0 Å². The van der Waals surface area contributed by atoms with Gasteiger partial charge in [0.25, 0.3) is 0 Å². The predicted octanol–water partition coefficient (Wildman–Crippen LogP) is 2.51. The van der Waals surface area contributed by atoms with Gasteiger partial charge in [0.15, 0.2) is 0 Å². The highest BCUT2D eigenvalue weighted by atomic mass is 15.0. The summed E-state index contributed by atoms with van der Waals surface area (Å²) in [4.78, 5) is 4.37. The Bertz CT molecular complexity index is 469. The minimum atomic E-state index is 0.417. The smallest absolute Gasteiger partial charge is 0.142 e. The Morgan fingerprint density at radius 1 is 1.43 bits per heavy atom. The van der Waals surface area contributed by atoms with Crippen molar-refractivity contribution in [1.29, 1.82) is 0 Å². The van der Waals surface area contributed by atoms with Crippen molar-refractivity contribution in [1.82, 2.24) is 9.55 Å². The van der Waals surface area contributed by atoms with Crippen molar-refractivity contribution in [3.63, 3.8) is 0 Å². The van der Waals surface area contributed by atoms with Gasteiger partial charge in [0, 0.05) is 29.5 Å². The van der Waals surface area contributed by atoms with Crippen LogP contribution < -0.4 is 5.73 Å². The van der Waals surface area contributed by atoms with Crippen LogP contribution in [0.1, 0.15) is 25.5 Å². The molecule has 2 N–H and O–H groups in total. The second-order valence-electron chi connectivity index (χ2n) is 3.91. The van der Waals surface area contributed by atoms with E-state index in [0.29, 0.717) is 6.04 Å². The monoisotopic (exact) mass is 189 g/mol. The van der Waals surface area contributed by atoms with Gasteiger partial charge < -0.3 is 10.3 Å². The van der Waals surface area contributed by atoms with Crippen LogP contribution >= 0.6 is 0 Å². The zero-order chi connectivity index (χ0) is 10.3. The standard InChI is InChI=1S/C11H15N3/c1-7(2)14-6-8(3)10-9(12)4-5-13-11(10)14/h4-7H,1-3H3,(H2,12,13). The summed E-state index contributed by atoms with van der Waals surface area (Å²) in [5.41, 5.74) is 8.91. The number of nitrogen functional groups attached to an aromatic ring is 1. The molecule has 0 fully saturated rings. The van der Waals surface area contributed by atoms with E-state index in [4.69, 9.17) is 5.73 Å². The van der Waals surface area contributed by atoms with Crippen molar-refractivity contribution in [2.45, 2.75) is 26.8 Å². The van der Waals surface area contributed by atoms with Gasteiger partial charge in [0.1, 0.15) is 5.65 Å². The first-order valence-electron chi connectivity index (χ1n) is 4.83. The van der Waals surface area contributed by atoms with Crippen LogP contribution in [0.4, 0.5) is 5.69 Å². The molecule has 0 aromatic carbocycles. The molecule has 2 aromatic heterocycles. The molecule has 0 aliphatic heterocycles. The Kier molecular flexibility index (Phi) is 1.95. The van der Waals surface area contributed by atoms with E-state index in [-0.39, 0.29) is 0 Å². The van der Waals surface area contributed by atoms with Crippen molar-refractivity contribution in [3.8, 4) is 0 Å². The van der Waals surface area contributed by atoms with Crippen molar-refractivity contribution in [2.75, 3.05) is 5.73 Å². The molecule has 0 amide bonds. The van der Waals surface area contributed by atoms with E-state index in [1.54, 1.807) is 6.20 Å². The molecule has 3 heteroatoms. The van der Waals surface area contributed by atoms with Crippen LogP contribution in [0, 0.1) is 6.92 Å². The Labute approximate surface area is 83.6 Å². The topological polar surface area (TPSA) is 43.8 Å². The fourth-order valence-electron chi connectivity index (χ4n) is 1.79. The van der Waals surface area contributed by atoms with Crippen LogP contribution in [0.15, 0.2) is 18.5 Å². The quantitative estimate of drug-likeness (QED) is 0.749. The predicted molar refractivity (Wildman–Crippen MR) is 59.3 cm³/mol. The maximum Gasteiger partial charge on any atom is 0.142 e. The molecule has 0 aliphatic carbocycles. The lowest BCUT2D eigenvalue weighted by Gasteiger charge is -2.07. The largest absolute Gasteiger partial charge is 0.398 e. The molecule has 2 aromatic rings. The Hall–Kier alpha value is -1.51. The fourth-order valence-corrected chi connectivity index (χ4v) is 1.79. The lowest BCUT2D eigenvalue weighted by Crippen LogP contribution is -1.99. The van der Waals surface area contributed by atoms with Gasteiger partial charge in [-0.1, -0.05) is 0 Å². The van der Waals surface area contributed by atoms with E-state index in [1.165, 1.54) is 5.56 Å². The number of hydrogen-bond donors (Lipinski definition) is 1. The number of hydrogen-bond acceptors (Lipinski definition) is 2. The van der Waals surface area contributed by atoms with Gasteiger partial charge in [-0.15, -0.1) is 0 Å². The van der Waals surface area contributed by atoms with Crippen molar-refractivity contribution < 1.29 is 0 Å². The molecule has 0 saturated carbocycles. The van der Waals surface area contributed by atoms with Gasteiger partial charge in [-0.2, -0.15) is 0 Å². The molecule has 0 atom stereocenters. The van der Waals surface area contributed by atoms with Crippen LogP contribution in [0.5, 0.6) is 0 Å². The summed E-state index contributed by atoms with van der Waals surface area (Å²) in [6, 6.07) is 2.26. The molecule has 3 nitrogen and oxygen atoms in total. The average Bonchev–Trinajstić information content (AvgIpc) is 2.45. The van der Waals surface area contributed by atoms with Crippen LogP contribution in [0.2, 0.25) is 0 Å². The number of aryl methyl sites for hydroxylation is 1. The Morgan fingerprint density at radius 3 is 2.79 bits per heavy atom. The molecule has 2 rings (SSSR count). The highest BCUT2D eigenvalue weighted by molar-refractivity contribution is 5.91. The number of anilines is 1. The van der Waals surface area contributed by atoms with E-state index in [2.05, 4.69) is 36.5 Å². The first kappa shape index (κ1) is 9.06. The van der Waals surface area contributed by atoms with E-state index >= 15 is 0 Å². The third-order valence-corrected chi connectivity index (χ3v) is 2.49. The second-order valence-corrected chi connectivity index (χ2v) is 3.91. The molecular formula is C11H15N3. The molecule has 0 aliphatic rings. The number of rotatable bonds is 1. The minimum Gasteiger partial charge on any atom is -0.398 e. The molecule has 74 valence electrons. The number of fused-ring (bicyclic) bond motifs is 1. The number of nitrogens with zero attached hydrogens (tertiary/aromatic N) is 2. The summed E-state index contributed by atoms with van der Waals surface area (Å²) in [5, 5.41) is 1.08. The molecule has 0 bridgehead atoms. The van der Waals surface area contributed by atoms with Crippen molar-refractivity contribution >= 4 is 16.7 Å². The number of nitrogens with two attached hydrogens (primary N) is 1. The second kappa shape index (κ2) is 3.01. The summed E-state index contributed by atoms with van der Waals surface area (Å²) >= 11 is 0. The highest BCUT2D eigenvalue weighted by Gasteiger charge is 2.10. The number of aromatic nitrogens is 2. The first-order valence-corrected chi connectivity index (χ1v) is 4.83. The normalized spacial score (nSPS) is 11.4. The lowest BCUT2D eigenvalue weighted by molar-refractivity contribution is 0.617. The molecule has 0 saturated heterocycles. The van der Waals surface area contributed by atoms with Crippen LogP contribution in [-0.4, -0.2) is 9.55 Å². The zero-order valence-corrected chi connectivity index (χ0v) is 8.78. The molecule has 14 heavy (non-hydrogen) atoms. The van der Waals surface area contributed by atoms with Crippen LogP contribution in [-0.2, 0) is 0 Å². The summed E-state index contributed by atoms with van der Waals surface area (Å²) in [5.74, 6) is 0. The summed E-state index contributed by atoms with van der Waals surface area (Å²) in [6.45, 7) is 6.35. The maximum atomic E-state index is 5.92. The van der Waals surface area contributed by atoms with Gasteiger partial charge in [-0.25, -0.2) is 4.98 Å². The molecule has 0 spiro atoms. The third kappa shape index (κ3) is 1.16. The van der Waals surface area contributed by atoms with Gasteiger partial charge in [0.2, 0.25) is 0 Å². The van der Waals surface area contributed by atoms with E-state index < -0.39 is 0 Å². The third-order valence-electron chi connectivity index (χ3n) is 2.49. The summed E-state index contributed by atoms with van der Waals surface area (Å²) in [6.07, 6.45) is 3.87. The molecule has 0 radical (unpaired) electrons. The fraction of sp³-hybridized carbons (Fsp3) is 0.364. The van der Waals surface area contributed by atoms with Crippen LogP contribution in [0.25, 0.3) is 11.0 Å². The minimum absolute atomic E-state index is 0.417. The summed E-state index contributed by atoms with van der Waals surface area (Å²) < 4.78 is 2.15. The first-order chi connectivity index (χ1) is 6.61. The average molecular weight is 189 g/mol. The van der Waals surface area contributed by atoms with Crippen molar-refractivity contribution in [2.24, 2.45) is 0 Å². The van der Waals surface area contributed by atoms with Crippen molar-refractivity contribution in [3.05, 3.63) is 24.0 Å². The van der Waals surface area contributed by atoms with E-state index in [9.17, 15) is 0 Å². The SMILES string of the molecule is Cc1cn(C(C)C)c2nccc(N)c12. The van der Waals surface area contributed by atoms with Crippen LogP contribution in [0.3, 0.4) is 0 Å². The zero-order valence-electron chi connectivity index (χ0n) is 8.78. The molecule has 2 heterocycles. The van der Waals surface area contributed by atoms with Gasteiger partial charge in [0.05, 0.1) is 0 Å². The summed E-state index contributed by atoms with van der Waals surface area (Å²) in [7, 11) is 0. The van der Waals surface area contributed by atoms with Gasteiger partial charge in [-0.05, 0) is 32.4 Å². The van der Waals surface area contributed by atoms with E-state index in [0.717, 1.165) is 16.7 Å². The highest BCUT2D eigenvalue weighted by Crippen LogP contribution is 2.26. The van der Waals surface area contributed by atoms with Gasteiger partial charge in [-0.3, -0.25) is 0 Å².